The summed E-state index contributed by atoms with van der Waals surface area (Å²) < 4.78 is 6.84. The summed E-state index contributed by atoms with van der Waals surface area (Å²) in [6.45, 7) is 4.73. The van der Waals surface area contributed by atoms with E-state index in [0.717, 1.165) is 39.0 Å². The molecular weight excluding hydrogens is 691 g/mol. The van der Waals surface area contributed by atoms with Gasteiger partial charge in [0.1, 0.15) is 11.2 Å². The van der Waals surface area contributed by atoms with Gasteiger partial charge in [-0.2, -0.15) is 0 Å². The van der Waals surface area contributed by atoms with E-state index < -0.39 is 0 Å². The lowest BCUT2D eigenvalue weighted by molar-refractivity contribution is 0.660. The van der Waals surface area contributed by atoms with Crippen LogP contribution in [-0.4, -0.2) is 0 Å². The van der Waals surface area contributed by atoms with Crippen molar-refractivity contribution in [2.45, 2.75) is 19.3 Å². The van der Waals surface area contributed by atoms with Gasteiger partial charge in [0, 0.05) is 39.3 Å². The van der Waals surface area contributed by atoms with Gasteiger partial charge in [0.15, 0.2) is 0 Å². The molecular formula is C55H39NO. The minimum Gasteiger partial charge on any atom is -0.456 e. The number of benzene rings is 9. The molecule has 1 heterocycles. The lowest BCUT2D eigenvalue weighted by atomic mass is 9.81. The third kappa shape index (κ3) is 5.33. The van der Waals surface area contributed by atoms with E-state index in [1.54, 1.807) is 0 Å². The van der Waals surface area contributed by atoms with Crippen molar-refractivity contribution in [2.24, 2.45) is 0 Å². The number of hydrogen-bond acceptors (Lipinski definition) is 2. The lowest BCUT2D eigenvalue weighted by Crippen LogP contribution is -2.16. The molecule has 2 nitrogen and oxygen atoms in total. The van der Waals surface area contributed by atoms with Gasteiger partial charge in [0.25, 0.3) is 0 Å². The largest absolute Gasteiger partial charge is 0.456 e. The summed E-state index contributed by atoms with van der Waals surface area (Å²) in [4.78, 5) is 2.38. The van der Waals surface area contributed by atoms with Crippen molar-refractivity contribution < 1.29 is 4.42 Å². The minimum atomic E-state index is -0.186. The molecule has 1 aliphatic carbocycles. The minimum absolute atomic E-state index is 0.186. The molecule has 0 unspecified atom stereocenters. The number of nitrogens with zero attached hydrogens (tertiary/aromatic N) is 1. The third-order valence-corrected chi connectivity index (χ3v) is 12.1. The number of furan rings is 1. The van der Waals surface area contributed by atoms with Gasteiger partial charge in [-0.15, -0.1) is 0 Å². The Morgan fingerprint density at radius 1 is 0.368 bits per heavy atom. The van der Waals surface area contributed by atoms with Crippen LogP contribution in [0.2, 0.25) is 0 Å². The van der Waals surface area contributed by atoms with Crippen LogP contribution >= 0.6 is 0 Å². The summed E-state index contributed by atoms with van der Waals surface area (Å²) >= 11 is 0. The highest BCUT2D eigenvalue weighted by Crippen LogP contribution is 2.54. The van der Waals surface area contributed by atoms with E-state index >= 15 is 0 Å². The first kappa shape index (κ1) is 33.2. The van der Waals surface area contributed by atoms with Gasteiger partial charge in [-0.25, -0.2) is 0 Å². The molecule has 11 rings (SSSR count). The average Bonchev–Trinajstić information content (AvgIpc) is 3.76. The van der Waals surface area contributed by atoms with Crippen LogP contribution in [0, 0.1) is 0 Å². The SMILES string of the molecule is CC1(C)c2cc(N(c3ccc(-c4ccccc4)cc3)c3ccc4c(c3)oc3cc(-c5ccccc5)c5ccccc5c34)ccc2-c2c(-c3ccccc3)cccc21. The predicted octanol–water partition coefficient (Wildman–Crippen LogP) is 15.5. The number of hydrogen-bond donors (Lipinski definition) is 0. The molecule has 0 fully saturated rings. The molecule has 0 amide bonds. The normalized spacial score (nSPS) is 12.9. The molecule has 0 aliphatic heterocycles. The second kappa shape index (κ2) is 13.0. The average molecular weight is 730 g/mol. The topological polar surface area (TPSA) is 16.4 Å². The van der Waals surface area contributed by atoms with E-state index in [1.807, 2.05) is 0 Å². The van der Waals surface area contributed by atoms with E-state index in [0.29, 0.717) is 0 Å². The smallest absolute Gasteiger partial charge is 0.137 e. The Balaban J connectivity index is 1.09. The van der Waals surface area contributed by atoms with Crippen molar-refractivity contribution in [1.29, 1.82) is 0 Å². The Morgan fingerprint density at radius 3 is 1.67 bits per heavy atom. The lowest BCUT2D eigenvalue weighted by Gasteiger charge is -2.28. The van der Waals surface area contributed by atoms with Crippen LogP contribution in [0.5, 0.6) is 0 Å². The maximum Gasteiger partial charge on any atom is 0.137 e. The second-order valence-electron chi connectivity index (χ2n) is 15.7. The fraction of sp³-hybridized carbons (Fsp3) is 0.0545. The number of rotatable bonds is 6. The van der Waals surface area contributed by atoms with Crippen LogP contribution in [0.1, 0.15) is 25.0 Å². The molecule has 0 radical (unpaired) electrons. The van der Waals surface area contributed by atoms with Gasteiger partial charge in [-0.05, 0) is 109 Å². The van der Waals surface area contributed by atoms with Crippen molar-refractivity contribution in [2.75, 3.05) is 4.90 Å². The Kier molecular flexibility index (Phi) is 7.55. The molecule has 0 N–H and O–H groups in total. The van der Waals surface area contributed by atoms with Gasteiger partial charge in [0.05, 0.1) is 0 Å². The third-order valence-electron chi connectivity index (χ3n) is 12.1. The standard InChI is InChI=1S/C55H39NO/c1-55(2)49-24-14-23-43(38-17-8-4-9-18-38)53(49)46-31-29-41(33-50(46)55)56(40-27-25-37(26-28-40)36-15-6-3-7-16-36)42-30-32-47-51(34-42)57-52-35-48(39-19-10-5-11-20-39)44-21-12-13-22-45(44)54(47)52/h3-35H,1-2H3. The van der Waals surface area contributed by atoms with Crippen LogP contribution in [0.3, 0.4) is 0 Å². The quantitative estimate of drug-likeness (QED) is 0.169. The molecule has 0 saturated carbocycles. The van der Waals surface area contributed by atoms with E-state index in [4.69, 9.17) is 4.42 Å². The van der Waals surface area contributed by atoms with Gasteiger partial charge >= 0.3 is 0 Å². The van der Waals surface area contributed by atoms with Gasteiger partial charge in [-0.3, -0.25) is 0 Å². The zero-order valence-electron chi connectivity index (χ0n) is 31.9. The molecule has 9 aromatic carbocycles. The maximum absolute atomic E-state index is 6.84. The van der Waals surface area contributed by atoms with Gasteiger partial charge in [-0.1, -0.05) is 166 Å². The molecule has 0 bridgehead atoms. The van der Waals surface area contributed by atoms with Crippen LogP contribution < -0.4 is 4.90 Å². The molecule has 1 aliphatic rings. The fourth-order valence-electron chi connectivity index (χ4n) is 9.28. The van der Waals surface area contributed by atoms with Crippen molar-refractivity contribution in [3.8, 4) is 44.5 Å². The summed E-state index contributed by atoms with van der Waals surface area (Å²) in [7, 11) is 0. The Labute approximate surface area is 332 Å². The fourth-order valence-corrected chi connectivity index (χ4v) is 9.28. The first-order valence-electron chi connectivity index (χ1n) is 19.8. The van der Waals surface area contributed by atoms with Crippen molar-refractivity contribution in [3.63, 3.8) is 0 Å². The first-order chi connectivity index (χ1) is 28.0. The maximum atomic E-state index is 6.84. The molecule has 0 spiro atoms. The highest BCUT2D eigenvalue weighted by atomic mass is 16.3. The molecule has 57 heavy (non-hydrogen) atoms. The van der Waals surface area contributed by atoms with Crippen LogP contribution in [-0.2, 0) is 5.41 Å². The van der Waals surface area contributed by atoms with Crippen molar-refractivity contribution in [1.82, 2.24) is 0 Å². The van der Waals surface area contributed by atoms with Gasteiger partial charge in [0.2, 0.25) is 0 Å². The monoisotopic (exact) mass is 729 g/mol. The number of fused-ring (bicyclic) bond motifs is 8. The molecule has 10 aromatic rings. The summed E-state index contributed by atoms with van der Waals surface area (Å²) in [5.41, 5.74) is 17.4. The predicted molar refractivity (Wildman–Crippen MR) is 240 cm³/mol. The summed E-state index contributed by atoms with van der Waals surface area (Å²) in [5.74, 6) is 0. The second-order valence-corrected chi connectivity index (χ2v) is 15.7. The molecule has 0 atom stereocenters. The summed E-state index contributed by atoms with van der Waals surface area (Å²) in [6.07, 6.45) is 0. The molecule has 270 valence electrons. The van der Waals surface area contributed by atoms with Crippen molar-refractivity contribution >= 4 is 49.8 Å². The van der Waals surface area contributed by atoms with Crippen LogP contribution in [0.15, 0.2) is 205 Å². The van der Waals surface area contributed by atoms with E-state index in [9.17, 15) is 0 Å². The van der Waals surface area contributed by atoms with E-state index in [2.05, 4.69) is 219 Å². The van der Waals surface area contributed by atoms with E-state index in [1.165, 1.54) is 66.4 Å². The number of anilines is 3. The summed E-state index contributed by atoms with van der Waals surface area (Å²) in [6, 6.07) is 72.4. The van der Waals surface area contributed by atoms with Crippen LogP contribution in [0.25, 0.3) is 77.2 Å². The Hall–Kier alpha value is -7.16. The molecule has 0 saturated heterocycles. The van der Waals surface area contributed by atoms with Crippen LogP contribution in [0.4, 0.5) is 17.1 Å². The summed E-state index contributed by atoms with van der Waals surface area (Å²) in [5, 5.41) is 4.68. The van der Waals surface area contributed by atoms with Gasteiger partial charge < -0.3 is 9.32 Å². The van der Waals surface area contributed by atoms with E-state index in [-0.39, 0.29) is 5.41 Å². The molecule has 2 heteroatoms. The zero-order chi connectivity index (χ0) is 38.1. The Morgan fingerprint density at radius 2 is 0.947 bits per heavy atom. The first-order valence-corrected chi connectivity index (χ1v) is 19.8. The molecule has 1 aromatic heterocycles. The Bertz CT molecular complexity index is 3120. The highest BCUT2D eigenvalue weighted by Gasteiger charge is 2.37. The van der Waals surface area contributed by atoms with Crippen molar-refractivity contribution in [3.05, 3.63) is 211 Å². The highest BCUT2D eigenvalue weighted by molar-refractivity contribution is 6.22. The zero-order valence-corrected chi connectivity index (χ0v) is 31.9.